The van der Waals surface area contributed by atoms with E-state index >= 15 is 0 Å². The number of halogens is 1. The number of carbonyl (C=O) groups excluding carboxylic acids is 2. The highest BCUT2D eigenvalue weighted by Gasteiger charge is 2.45. The zero-order chi connectivity index (χ0) is 21.8. The molecule has 1 heterocycles. The largest absolute Gasteiger partial charge is 0.507 e. The smallest absolute Gasteiger partial charge is 0.295 e. The lowest BCUT2D eigenvalue weighted by Crippen LogP contribution is -2.38. The van der Waals surface area contributed by atoms with E-state index in [4.69, 9.17) is 0 Å². The van der Waals surface area contributed by atoms with E-state index in [0.717, 1.165) is 28.7 Å². The third-order valence-electron chi connectivity index (χ3n) is 5.60. The molecule has 1 saturated heterocycles. The van der Waals surface area contributed by atoms with Gasteiger partial charge in [-0.1, -0.05) is 71.7 Å². The van der Waals surface area contributed by atoms with Gasteiger partial charge in [-0.25, -0.2) is 0 Å². The quantitative estimate of drug-likeness (QED) is 0.367. The molecule has 0 radical (unpaired) electrons. The molecular formula is C24H27BrN2O3. The molecule has 1 amide bonds. The minimum Gasteiger partial charge on any atom is -0.507 e. The molecule has 1 aliphatic heterocycles. The first-order valence-corrected chi connectivity index (χ1v) is 11.0. The number of amides is 1. The van der Waals surface area contributed by atoms with Gasteiger partial charge in [0.2, 0.25) is 0 Å². The van der Waals surface area contributed by atoms with Gasteiger partial charge in [-0.2, -0.15) is 0 Å². The summed E-state index contributed by atoms with van der Waals surface area (Å²) in [7, 11) is 0. The van der Waals surface area contributed by atoms with Gasteiger partial charge in [0.1, 0.15) is 5.76 Å². The Balaban J connectivity index is 2.08. The topological polar surface area (TPSA) is 60.9 Å². The van der Waals surface area contributed by atoms with Crippen LogP contribution in [0.15, 0.2) is 58.6 Å². The molecule has 0 bridgehead atoms. The van der Waals surface area contributed by atoms with Gasteiger partial charge in [0.15, 0.2) is 0 Å². The van der Waals surface area contributed by atoms with Crippen molar-refractivity contribution in [1.82, 2.24) is 9.80 Å². The van der Waals surface area contributed by atoms with Crippen LogP contribution in [0, 0.1) is 6.92 Å². The molecule has 158 valence electrons. The number of hydrogen-bond donors (Lipinski definition) is 1. The lowest BCUT2D eigenvalue weighted by molar-refractivity contribution is -0.140. The number of ketones is 1. The van der Waals surface area contributed by atoms with Crippen LogP contribution in [0.5, 0.6) is 0 Å². The van der Waals surface area contributed by atoms with E-state index in [1.807, 2.05) is 43.3 Å². The Labute approximate surface area is 186 Å². The summed E-state index contributed by atoms with van der Waals surface area (Å²) < 4.78 is 0.907. The third-order valence-corrected chi connectivity index (χ3v) is 6.13. The van der Waals surface area contributed by atoms with E-state index in [9.17, 15) is 14.7 Å². The van der Waals surface area contributed by atoms with Crippen LogP contribution in [-0.2, 0) is 9.59 Å². The van der Waals surface area contributed by atoms with E-state index in [1.165, 1.54) is 0 Å². The first kappa shape index (κ1) is 22.2. The molecule has 2 aromatic rings. The van der Waals surface area contributed by atoms with Gasteiger partial charge in [-0.15, -0.1) is 0 Å². The number of likely N-dealkylation sites (tertiary alicyclic amines) is 1. The summed E-state index contributed by atoms with van der Waals surface area (Å²) in [5.41, 5.74) is 2.52. The van der Waals surface area contributed by atoms with Crippen molar-refractivity contribution in [3.63, 3.8) is 0 Å². The molecule has 1 N–H and O–H groups in total. The number of aliphatic hydroxyl groups is 1. The number of aliphatic hydroxyl groups excluding tert-OH is 1. The Kier molecular flexibility index (Phi) is 7.10. The van der Waals surface area contributed by atoms with Gasteiger partial charge in [0, 0.05) is 23.1 Å². The molecule has 0 unspecified atom stereocenters. The second kappa shape index (κ2) is 9.58. The zero-order valence-corrected chi connectivity index (χ0v) is 19.1. The Bertz CT molecular complexity index is 947. The van der Waals surface area contributed by atoms with E-state index in [1.54, 1.807) is 17.0 Å². The van der Waals surface area contributed by atoms with Crippen LogP contribution in [0.2, 0.25) is 0 Å². The van der Waals surface area contributed by atoms with Gasteiger partial charge in [0.05, 0.1) is 11.6 Å². The van der Waals surface area contributed by atoms with Gasteiger partial charge in [0.25, 0.3) is 11.7 Å². The number of Topliss-reactive ketones (excluding diaryl/α,β-unsaturated/α-hetero) is 1. The molecule has 0 aromatic heterocycles. The van der Waals surface area contributed by atoms with Crippen LogP contribution in [0.25, 0.3) is 5.76 Å². The summed E-state index contributed by atoms with van der Waals surface area (Å²) in [6.07, 6.45) is 0. The normalized spacial score (nSPS) is 18.4. The summed E-state index contributed by atoms with van der Waals surface area (Å²) in [6, 6.07) is 14.2. The first-order valence-electron chi connectivity index (χ1n) is 10.2. The minimum absolute atomic E-state index is 0.133. The third kappa shape index (κ3) is 4.50. The van der Waals surface area contributed by atoms with Crippen molar-refractivity contribution < 1.29 is 14.7 Å². The number of rotatable bonds is 7. The van der Waals surface area contributed by atoms with Gasteiger partial charge in [-0.3, -0.25) is 9.59 Å². The molecule has 30 heavy (non-hydrogen) atoms. The maximum Gasteiger partial charge on any atom is 0.295 e. The maximum atomic E-state index is 13.0. The fraction of sp³-hybridized carbons (Fsp3) is 0.333. The van der Waals surface area contributed by atoms with Crippen LogP contribution in [0.4, 0.5) is 0 Å². The number of likely N-dealkylation sites (N-methyl/N-ethyl adjacent to an activating group) is 1. The Morgan fingerprint density at radius 1 is 1.03 bits per heavy atom. The monoisotopic (exact) mass is 470 g/mol. The van der Waals surface area contributed by atoms with E-state index in [2.05, 4.69) is 34.7 Å². The van der Waals surface area contributed by atoms with Gasteiger partial charge >= 0.3 is 0 Å². The van der Waals surface area contributed by atoms with Crippen LogP contribution >= 0.6 is 15.9 Å². The van der Waals surface area contributed by atoms with E-state index in [-0.39, 0.29) is 11.3 Å². The molecule has 0 aliphatic carbocycles. The van der Waals surface area contributed by atoms with E-state index < -0.39 is 17.7 Å². The molecule has 0 spiro atoms. The second-order valence-corrected chi connectivity index (χ2v) is 8.35. The van der Waals surface area contributed by atoms with Crippen molar-refractivity contribution >= 4 is 33.4 Å². The van der Waals surface area contributed by atoms with Crippen LogP contribution in [-0.4, -0.2) is 52.8 Å². The predicted molar refractivity (Wildman–Crippen MR) is 122 cm³/mol. The summed E-state index contributed by atoms with van der Waals surface area (Å²) in [6.45, 7) is 8.91. The highest BCUT2D eigenvalue weighted by atomic mass is 79.9. The number of benzene rings is 2. The molecule has 1 aliphatic rings. The fourth-order valence-corrected chi connectivity index (χ4v) is 4.02. The molecule has 1 fully saturated rings. The lowest BCUT2D eigenvalue weighted by atomic mass is 9.95. The number of nitrogens with zero attached hydrogens (tertiary/aromatic N) is 2. The molecule has 3 rings (SSSR count). The number of aryl methyl sites for hydroxylation is 1. The second-order valence-electron chi connectivity index (χ2n) is 7.44. The van der Waals surface area contributed by atoms with Crippen molar-refractivity contribution in [3.05, 3.63) is 75.3 Å². The highest BCUT2D eigenvalue weighted by Crippen LogP contribution is 2.39. The van der Waals surface area contributed by atoms with Crippen molar-refractivity contribution in [1.29, 1.82) is 0 Å². The van der Waals surface area contributed by atoms with Gasteiger partial charge < -0.3 is 14.9 Å². The van der Waals surface area contributed by atoms with Gasteiger partial charge in [-0.05, 0) is 37.7 Å². The van der Waals surface area contributed by atoms with Crippen LogP contribution in [0.3, 0.4) is 0 Å². The van der Waals surface area contributed by atoms with Crippen LogP contribution < -0.4 is 0 Å². The average Bonchev–Trinajstić information content (AvgIpc) is 3.00. The average molecular weight is 471 g/mol. The first-order chi connectivity index (χ1) is 14.4. The van der Waals surface area contributed by atoms with Crippen molar-refractivity contribution in [2.24, 2.45) is 0 Å². The standard InChI is InChI=1S/C24H27BrN2O3/c1-4-26(5-2)14-15-27-21(17-10-12-19(25)13-11-17)20(23(29)24(27)30)22(28)18-8-6-16(3)7-9-18/h6-13,21,28H,4-5,14-15H2,1-3H3/t21-/m0/s1. The summed E-state index contributed by atoms with van der Waals surface area (Å²) in [5.74, 6) is -1.34. The summed E-state index contributed by atoms with van der Waals surface area (Å²) >= 11 is 3.43. The Hall–Kier alpha value is -2.44. The fourth-order valence-electron chi connectivity index (χ4n) is 3.76. The summed E-state index contributed by atoms with van der Waals surface area (Å²) in [5, 5.41) is 11.0. The lowest BCUT2D eigenvalue weighted by Gasteiger charge is -2.28. The van der Waals surface area contributed by atoms with Crippen molar-refractivity contribution in [2.45, 2.75) is 26.8 Å². The minimum atomic E-state index is -0.638. The SMILES string of the molecule is CCN(CC)CCN1C(=O)C(=O)C(=C(O)c2ccc(C)cc2)[C@@H]1c1ccc(Br)cc1. The predicted octanol–water partition coefficient (Wildman–Crippen LogP) is 4.52. The molecule has 2 aromatic carbocycles. The molecule has 1 atom stereocenters. The molecule has 5 nitrogen and oxygen atoms in total. The summed E-state index contributed by atoms with van der Waals surface area (Å²) in [4.78, 5) is 29.7. The highest BCUT2D eigenvalue weighted by molar-refractivity contribution is 9.10. The maximum absolute atomic E-state index is 13.0. The molecule has 0 saturated carbocycles. The number of carbonyl (C=O) groups is 2. The Morgan fingerprint density at radius 2 is 1.63 bits per heavy atom. The molecular weight excluding hydrogens is 444 g/mol. The Morgan fingerprint density at radius 3 is 2.20 bits per heavy atom. The van der Waals surface area contributed by atoms with Crippen molar-refractivity contribution in [2.75, 3.05) is 26.2 Å². The van der Waals surface area contributed by atoms with Crippen LogP contribution in [0.1, 0.15) is 36.6 Å². The number of hydrogen-bond acceptors (Lipinski definition) is 4. The molecule has 6 heteroatoms. The zero-order valence-electron chi connectivity index (χ0n) is 17.6. The van der Waals surface area contributed by atoms with E-state index in [0.29, 0.717) is 18.7 Å². The van der Waals surface area contributed by atoms with Crippen molar-refractivity contribution in [3.8, 4) is 0 Å².